The Bertz CT molecular complexity index is 1160. The molecule has 0 spiro atoms. The number of aromatic nitrogens is 2. The first-order chi connectivity index (χ1) is 13.6. The molecule has 2 aromatic carbocycles. The van der Waals surface area contributed by atoms with E-state index in [1.54, 1.807) is 17.7 Å². The molecule has 2 aromatic heterocycles. The fourth-order valence-electron chi connectivity index (χ4n) is 3.65. The summed E-state index contributed by atoms with van der Waals surface area (Å²) in [5, 5.41) is 1.64. The van der Waals surface area contributed by atoms with Gasteiger partial charge >= 0.3 is 0 Å². The zero-order valence-corrected chi connectivity index (χ0v) is 19.4. The number of thiophene rings is 1. The molecule has 140 valence electrons. The van der Waals surface area contributed by atoms with Crippen molar-refractivity contribution in [1.29, 1.82) is 0 Å². The van der Waals surface area contributed by atoms with Crippen molar-refractivity contribution in [2.24, 2.45) is 0 Å². The van der Waals surface area contributed by atoms with Gasteiger partial charge in [-0.3, -0.25) is 0 Å². The topological polar surface area (TPSA) is 51.8 Å². The lowest BCUT2D eigenvalue weighted by Gasteiger charge is -2.30. The lowest BCUT2D eigenvalue weighted by molar-refractivity contribution is 0.894. The molecule has 0 fully saturated rings. The van der Waals surface area contributed by atoms with Crippen molar-refractivity contribution in [3.05, 3.63) is 85.4 Å². The lowest BCUT2D eigenvalue weighted by atomic mass is 9.98. The van der Waals surface area contributed by atoms with Gasteiger partial charge in [0, 0.05) is 19.1 Å². The Kier molecular flexibility index (Phi) is 4.95. The van der Waals surface area contributed by atoms with Crippen molar-refractivity contribution >= 4 is 71.0 Å². The highest BCUT2D eigenvalue weighted by Crippen LogP contribution is 2.55. The van der Waals surface area contributed by atoms with E-state index in [-0.39, 0.29) is 5.25 Å². The Hall–Kier alpha value is -1.41. The molecule has 0 bridgehead atoms. The molecule has 5 rings (SSSR count). The van der Waals surface area contributed by atoms with E-state index in [4.69, 9.17) is 5.73 Å². The molecule has 1 aliphatic heterocycles. The van der Waals surface area contributed by atoms with Gasteiger partial charge in [0.2, 0.25) is 0 Å². The molecule has 3 nitrogen and oxygen atoms in total. The molecule has 0 aliphatic carbocycles. The zero-order valence-electron chi connectivity index (χ0n) is 14.6. The van der Waals surface area contributed by atoms with E-state index < -0.39 is 0 Å². The molecule has 28 heavy (non-hydrogen) atoms. The number of halogens is 2. The van der Waals surface area contributed by atoms with Crippen LogP contribution in [0.3, 0.4) is 0 Å². The van der Waals surface area contributed by atoms with Gasteiger partial charge in [-0.25, -0.2) is 9.97 Å². The number of fused-ring (bicyclic) bond motifs is 3. The van der Waals surface area contributed by atoms with E-state index in [0.717, 1.165) is 25.6 Å². The van der Waals surface area contributed by atoms with E-state index in [0.29, 0.717) is 11.1 Å². The molecule has 7 heteroatoms. The largest absolute Gasteiger partial charge is 0.383 e. The second-order valence-electron chi connectivity index (χ2n) is 6.70. The van der Waals surface area contributed by atoms with E-state index in [1.165, 1.54) is 21.6 Å². The summed E-state index contributed by atoms with van der Waals surface area (Å²) in [6.07, 6.45) is 2.50. The standard InChI is InChI=1S/C21H15Br2N3S2/c22-13-5-1-11(2-6-13)16-9-15-17-20(24)25-10-26-21(17)28-19(15)18(27-16)12-3-7-14(23)8-4-12/h1-8,10,16,18H,9H2,(H2,24,25,26)/t16-,18+/m0/s1. The molecule has 0 unspecified atom stereocenters. The molecule has 0 saturated heterocycles. The number of hydrogen-bond acceptors (Lipinski definition) is 5. The molecule has 4 aromatic rings. The fraction of sp³-hybridized carbons (Fsp3) is 0.143. The maximum absolute atomic E-state index is 6.27. The quantitative estimate of drug-likeness (QED) is 0.304. The van der Waals surface area contributed by atoms with Crippen LogP contribution in [0.4, 0.5) is 5.82 Å². The van der Waals surface area contributed by atoms with Gasteiger partial charge in [0.1, 0.15) is 17.0 Å². The Balaban J connectivity index is 1.68. The van der Waals surface area contributed by atoms with Crippen molar-refractivity contribution in [3.63, 3.8) is 0 Å². The van der Waals surface area contributed by atoms with Crippen molar-refractivity contribution in [1.82, 2.24) is 9.97 Å². The third-order valence-corrected chi connectivity index (χ3v) is 8.95. The van der Waals surface area contributed by atoms with Crippen LogP contribution in [0.1, 0.15) is 32.1 Å². The van der Waals surface area contributed by atoms with Crippen LogP contribution in [0.2, 0.25) is 0 Å². The number of hydrogen-bond donors (Lipinski definition) is 1. The van der Waals surface area contributed by atoms with Crippen molar-refractivity contribution in [3.8, 4) is 0 Å². The van der Waals surface area contributed by atoms with Crippen LogP contribution >= 0.6 is 55.0 Å². The summed E-state index contributed by atoms with van der Waals surface area (Å²) in [6, 6.07) is 17.3. The fourth-order valence-corrected chi connectivity index (χ4v) is 7.16. The first kappa shape index (κ1) is 18.6. The van der Waals surface area contributed by atoms with Crippen LogP contribution in [0, 0.1) is 0 Å². The van der Waals surface area contributed by atoms with Crippen LogP contribution in [-0.4, -0.2) is 9.97 Å². The molecular weight excluding hydrogens is 518 g/mol. The van der Waals surface area contributed by atoms with Crippen LogP contribution in [-0.2, 0) is 6.42 Å². The number of rotatable bonds is 2. The molecule has 0 saturated carbocycles. The van der Waals surface area contributed by atoms with Crippen molar-refractivity contribution in [2.75, 3.05) is 5.73 Å². The molecule has 0 radical (unpaired) electrons. The number of benzene rings is 2. The van der Waals surface area contributed by atoms with Gasteiger partial charge in [-0.2, -0.15) is 0 Å². The highest BCUT2D eigenvalue weighted by Gasteiger charge is 2.33. The smallest absolute Gasteiger partial charge is 0.135 e. The van der Waals surface area contributed by atoms with Crippen molar-refractivity contribution in [2.45, 2.75) is 16.9 Å². The van der Waals surface area contributed by atoms with Crippen LogP contribution in [0.15, 0.2) is 63.8 Å². The molecule has 0 amide bonds. The van der Waals surface area contributed by atoms with Crippen LogP contribution < -0.4 is 5.73 Å². The predicted molar refractivity (Wildman–Crippen MR) is 126 cm³/mol. The summed E-state index contributed by atoms with van der Waals surface area (Å²) >= 11 is 10.8. The number of nitrogens with zero attached hydrogens (tertiary/aromatic N) is 2. The summed E-state index contributed by atoms with van der Waals surface area (Å²) < 4.78 is 2.19. The maximum atomic E-state index is 6.27. The van der Waals surface area contributed by atoms with Gasteiger partial charge in [-0.1, -0.05) is 56.1 Å². The SMILES string of the molecule is Nc1ncnc2sc3c(c12)C[C@@H](c1ccc(Br)cc1)S[C@@H]3c1ccc(Br)cc1. The van der Waals surface area contributed by atoms with Gasteiger partial charge in [-0.05, 0) is 47.4 Å². The minimum Gasteiger partial charge on any atom is -0.383 e. The van der Waals surface area contributed by atoms with Gasteiger partial charge < -0.3 is 5.73 Å². The number of anilines is 1. The minimum absolute atomic E-state index is 0.254. The third-order valence-electron chi connectivity index (χ3n) is 4.99. The second kappa shape index (κ2) is 7.44. The third kappa shape index (κ3) is 3.28. The zero-order chi connectivity index (χ0) is 19.3. The average Bonchev–Trinajstić information content (AvgIpc) is 3.08. The summed E-state index contributed by atoms with van der Waals surface area (Å²) in [5.74, 6) is 0.582. The first-order valence-corrected chi connectivity index (χ1v) is 12.1. The maximum Gasteiger partial charge on any atom is 0.135 e. The van der Waals surface area contributed by atoms with E-state index in [1.807, 2.05) is 11.8 Å². The van der Waals surface area contributed by atoms with Gasteiger partial charge in [0.15, 0.2) is 0 Å². The summed E-state index contributed by atoms with van der Waals surface area (Å²) in [7, 11) is 0. The summed E-state index contributed by atoms with van der Waals surface area (Å²) in [4.78, 5) is 11.1. The van der Waals surface area contributed by atoms with E-state index >= 15 is 0 Å². The predicted octanol–water partition coefficient (Wildman–Crippen LogP) is 6.92. The molecule has 3 heterocycles. The van der Waals surface area contributed by atoms with E-state index in [9.17, 15) is 0 Å². The Morgan fingerprint density at radius 1 is 0.893 bits per heavy atom. The average molecular weight is 533 g/mol. The first-order valence-electron chi connectivity index (χ1n) is 8.78. The van der Waals surface area contributed by atoms with Crippen molar-refractivity contribution < 1.29 is 0 Å². The highest BCUT2D eigenvalue weighted by atomic mass is 79.9. The van der Waals surface area contributed by atoms with Crippen LogP contribution in [0.25, 0.3) is 10.2 Å². The summed E-state index contributed by atoms with van der Waals surface area (Å²) in [5.41, 5.74) is 10.2. The Morgan fingerprint density at radius 3 is 2.21 bits per heavy atom. The van der Waals surface area contributed by atoms with Gasteiger partial charge in [0.25, 0.3) is 0 Å². The molecule has 2 N–H and O–H groups in total. The highest BCUT2D eigenvalue weighted by molar-refractivity contribution is 9.10. The monoisotopic (exact) mass is 531 g/mol. The minimum atomic E-state index is 0.254. The normalized spacial score (nSPS) is 18.9. The number of thioether (sulfide) groups is 1. The lowest BCUT2D eigenvalue weighted by Crippen LogP contribution is -2.12. The van der Waals surface area contributed by atoms with Gasteiger partial charge in [0.05, 0.1) is 10.6 Å². The Morgan fingerprint density at radius 2 is 1.54 bits per heavy atom. The number of nitrogen functional groups attached to an aromatic ring is 1. The molecular formula is C21H15Br2N3S2. The molecule has 2 atom stereocenters. The number of nitrogens with two attached hydrogens (primary N) is 1. The van der Waals surface area contributed by atoms with E-state index in [2.05, 4.69) is 90.4 Å². The second-order valence-corrected chi connectivity index (χ2v) is 10.9. The van der Waals surface area contributed by atoms with Gasteiger partial charge in [-0.15, -0.1) is 23.1 Å². The van der Waals surface area contributed by atoms with Crippen LogP contribution in [0.5, 0.6) is 0 Å². The molecule has 1 aliphatic rings. The Labute approximate surface area is 188 Å². The summed E-state index contributed by atoms with van der Waals surface area (Å²) in [6.45, 7) is 0.